The van der Waals surface area contributed by atoms with Crippen molar-refractivity contribution in [2.75, 3.05) is 0 Å². The molecule has 1 aromatic heterocycles. The summed E-state index contributed by atoms with van der Waals surface area (Å²) in [6, 6.07) is 8.23. The number of hydrogen-bond acceptors (Lipinski definition) is 2. The number of nitrogens with one attached hydrogen (secondary N) is 1. The Bertz CT molecular complexity index is 480. The largest absolute Gasteiger partial charge is 0.342 e. The second-order valence-electron chi connectivity index (χ2n) is 4.36. The molecule has 1 aliphatic carbocycles. The lowest BCUT2D eigenvalue weighted by Crippen LogP contribution is -1.95. The maximum absolute atomic E-state index is 5.57. The van der Waals surface area contributed by atoms with Crippen molar-refractivity contribution >= 4 is 0 Å². The Hall–Kier alpha value is -1.61. The predicted octanol–water partition coefficient (Wildman–Crippen LogP) is 2.41. The average molecular weight is 213 g/mol. The number of imidazole rings is 1. The van der Waals surface area contributed by atoms with Gasteiger partial charge in [-0.1, -0.05) is 24.3 Å². The summed E-state index contributed by atoms with van der Waals surface area (Å²) in [4.78, 5) is 7.80. The number of nitrogens with zero attached hydrogens (tertiary/aromatic N) is 1. The molecule has 1 aromatic carbocycles. The van der Waals surface area contributed by atoms with Crippen molar-refractivity contribution < 1.29 is 0 Å². The molecule has 0 aliphatic heterocycles. The van der Waals surface area contributed by atoms with Crippen molar-refractivity contribution in [1.82, 2.24) is 9.97 Å². The first-order valence-corrected chi connectivity index (χ1v) is 5.71. The van der Waals surface area contributed by atoms with Crippen molar-refractivity contribution in [3.63, 3.8) is 0 Å². The van der Waals surface area contributed by atoms with E-state index in [1.54, 1.807) is 0 Å². The molecule has 0 saturated heterocycles. The van der Waals surface area contributed by atoms with E-state index in [1.807, 2.05) is 6.20 Å². The number of aromatic amines is 1. The molecule has 0 unspecified atom stereocenters. The molecule has 3 nitrogen and oxygen atoms in total. The van der Waals surface area contributed by atoms with Gasteiger partial charge >= 0.3 is 0 Å². The maximum Gasteiger partial charge on any atom is 0.137 e. The Labute approximate surface area is 94.7 Å². The van der Waals surface area contributed by atoms with Gasteiger partial charge in [-0.25, -0.2) is 4.98 Å². The maximum atomic E-state index is 5.57. The highest BCUT2D eigenvalue weighted by Crippen LogP contribution is 2.39. The van der Waals surface area contributed by atoms with Crippen LogP contribution in [0, 0.1) is 0 Å². The molecule has 3 rings (SSSR count). The molecule has 1 heterocycles. The highest BCUT2D eigenvalue weighted by molar-refractivity contribution is 5.55. The quantitative estimate of drug-likeness (QED) is 0.822. The summed E-state index contributed by atoms with van der Waals surface area (Å²) in [6.07, 6.45) is 4.56. The molecule has 1 aliphatic rings. The monoisotopic (exact) mass is 213 g/mol. The van der Waals surface area contributed by atoms with Gasteiger partial charge < -0.3 is 10.7 Å². The van der Waals surface area contributed by atoms with Crippen molar-refractivity contribution in [3.05, 3.63) is 41.7 Å². The number of rotatable bonds is 3. The van der Waals surface area contributed by atoms with Crippen LogP contribution >= 0.6 is 0 Å². The zero-order valence-electron chi connectivity index (χ0n) is 9.11. The Morgan fingerprint density at radius 3 is 2.62 bits per heavy atom. The third-order valence-corrected chi connectivity index (χ3v) is 3.08. The van der Waals surface area contributed by atoms with Crippen molar-refractivity contribution in [2.24, 2.45) is 5.73 Å². The van der Waals surface area contributed by atoms with E-state index in [4.69, 9.17) is 5.73 Å². The smallest absolute Gasteiger partial charge is 0.137 e. The first-order valence-electron chi connectivity index (χ1n) is 5.71. The number of benzene rings is 1. The van der Waals surface area contributed by atoms with Crippen LogP contribution < -0.4 is 5.73 Å². The van der Waals surface area contributed by atoms with E-state index in [0.717, 1.165) is 22.9 Å². The normalized spacial score (nSPS) is 15.3. The van der Waals surface area contributed by atoms with E-state index < -0.39 is 0 Å². The van der Waals surface area contributed by atoms with Crippen LogP contribution in [-0.4, -0.2) is 9.97 Å². The lowest BCUT2D eigenvalue weighted by Gasteiger charge is -1.99. The fraction of sp³-hybridized carbons (Fsp3) is 0.308. The minimum Gasteiger partial charge on any atom is -0.342 e. The standard InChI is InChI=1S/C13H15N3/c14-7-9-1-3-11(4-2-9)13-15-8-12(16-13)10-5-6-10/h1-4,8,10H,5-7,14H2,(H,15,16). The van der Waals surface area contributed by atoms with Crippen LogP contribution in [0.1, 0.15) is 30.0 Å². The van der Waals surface area contributed by atoms with Crippen molar-refractivity contribution in [2.45, 2.75) is 25.3 Å². The molecule has 3 heteroatoms. The van der Waals surface area contributed by atoms with E-state index >= 15 is 0 Å². The lowest BCUT2D eigenvalue weighted by atomic mass is 10.1. The van der Waals surface area contributed by atoms with Gasteiger partial charge in [0, 0.05) is 29.9 Å². The highest BCUT2D eigenvalue weighted by Gasteiger charge is 2.25. The fourth-order valence-electron chi connectivity index (χ4n) is 1.88. The number of H-pyrrole nitrogens is 1. The molecule has 1 saturated carbocycles. The van der Waals surface area contributed by atoms with E-state index in [-0.39, 0.29) is 0 Å². The van der Waals surface area contributed by atoms with Crippen LogP contribution in [-0.2, 0) is 6.54 Å². The van der Waals surface area contributed by atoms with Crippen LogP contribution in [0.4, 0.5) is 0 Å². The number of hydrogen-bond donors (Lipinski definition) is 2. The number of nitrogens with two attached hydrogens (primary N) is 1. The topological polar surface area (TPSA) is 54.7 Å². The average Bonchev–Trinajstić information content (AvgIpc) is 3.08. The summed E-state index contributed by atoms with van der Waals surface area (Å²) in [6.45, 7) is 0.589. The Morgan fingerprint density at radius 1 is 1.25 bits per heavy atom. The first kappa shape index (κ1) is 9.60. The van der Waals surface area contributed by atoms with Gasteiger partial charge in [-0.2, -0.15) is 0 Å². The van der Waals surface area contributed by atoms with Crippen molar-refractivity contribution in [3.8, 4) is 11.4 Å². The Morgan fingerprint density at radius 2 is 2.00 bits per heavy atom. The van der Waals surface area contributed by atoms with Gasteiger partial charge in [-0.05, 0) is 18.4 Å². The van der Waals surface area contributed by atoms with Crippen LogP contribution in [0.25, 0.3) is 11.4 Å². The zero-order valence-corrected chi connectivity index (χ0v) is 9.11. The molecule has 16 heavy (non-hydrogen) atoms. The molecule has 0 radical (unpaired) electrons. The van der Waals surface area contributed by atoms with E-state index in [9.17, 15) is 0 Å². The van der Waals surface area contributed by atoms with E-state index in [1.165, 1.54) is 18.5 Å². The van der Waals surface area contributed by atoms with Gasteiger partial charge in [-0.15, -0.1) is 0 Å². The second-order valence-corrected chi connectivity index (χ2v) is 4.36. The summed E-state index contributed by atoms with van der Waals surface area (Å²) >= 11 is 0. The lowest BCUT2D eigenvalue weighted by molar-refractivity contribution is 1.05. The summed E-state index contributed by atoms with van der Waals surface area (Å²) in [5.41, 5.74) is 9.12. The molecule has 3 N–H and O–H groups in total. The van der Waals surface area contributed by atoms with Gasteiger partial charge in [0.05, 0.1) is 0 Å². The Kier molecular flexibility index (Phi) is 2.26. The van der Waals surface area contributed by atoms with Gasteiger partial charge in [0.2, 0.25) is 0 Å². The van der Waals surface area contributed by atoms with Gasteiger partial charge in [0.25, 0.3) is 0 Å². The molecule has 1 fully saturated rings. The van der Waals surface area contributed by atoms with E-state index in [0.29, 0.717) is 6.54 Å². The molecule has 0 bridgehead atoms. The fourth-order valence-corrected chi connectivity index (χ4v) is 1.88. The molecular weight excluding hydrogens is 198 g/mol. The van der Waals surface area contributed by atoms with E-state index in [2.05, 4.69) is 34.2 Å². The van der Waals surface area contributed by atoms with Crippen molar-refractivity contribution in [1.29, 1.82) is 0 Å². The summed E-state index contributed by atoms with van der Waals surface area (Å²) in [7, 11) is 0. The third-order valence-electron chi connectivity index (χ3n) is 3.08. The molecule has 82 valence electrons. The highest BCUT2D eigenvalue weighted by atomic mass is 14.9. The second kappa shape index (κ2) is 3.76. The minimum absolute atomic E-state index is 0.589. The summed E-state index contributed by atoms with van der Waals surface area (Å²) in [5.74, 6) is 1.69. The van der Waals surface area contributed by atoms with Crippen LogP contribution in [0.2, 0.25) is 0 Å². The first-order chi connectivity index (χ1) is 7.86. The van der Waals surface area contributed by atoms with Gasteiger partial charge in [0.15, 0.2) is 0 Å². The molecular formula is C13H15N3. The van der Waals surface area contributed by atoms with Gasteiger partial charge in [-0.3, -0.25) is 0 Å². The SMILES string of the molecule is NCc1ccc(-c2ncc(C3CC3)[nH]2)cc1. The summed E-state index contributed by atoms with van der Waals surface area (Å²) in [5, 5.41) is 0. The third kappa shape index (κ3) is 1.74. The van der Waals surface area contributed by atoms with Crippen LogP contribution in [0.15, 0.2) is 30.5 Å². The minimum atomic E-state index is 0.589. The predicted molar refractivity (Wildman–Crippen MR) is 63.9 cm³/mol. The molecule has 2 aromatic rings. The molecule has 0 spiro atoms. The Balaban J connectivity index is 1.88. The molecule has 0 atom stereocenters. The van der Waals surface area contributed by atoms with Gasteiger partial charge in [0.1, 0.15) is 5.82 Å². The zero-order chi connectivity index (χ0) is 11.0. The molecule has 0 amide bonds. The summed E-state index contributed by atoms with van der Waals surface area (Å²) < 4.78 is 0. The van der Waals surface area contributed by atoms with Crippen LogP contribution in [0.3, 0.4) is 0 Å². The number of aromatic nitrogens is 2. The van der Waals surface area contributed by atoms with Crippen LogP contribution in [0.5, 0.6) is 0 Å².